The van der Waals surface area contributed by atoms with Gasteiger partial charge in [-0.05, 0) is 49.9 Å². The molecule has 0 amide bonds. The third-order valence-electron chi connectivity index (χ3n) is 4.69. The van der Waals surface area contributed by atoms with Crippen LogP contribution < -0.4 is 5.32 Å². The van der Waals surface area contributed by atoms with E-state index in [9.17, 15) is 4.79 Å². The molecule has 2 N–H and O–H groups in total. The predicted octanol–water partition coefficient (Wildman–Crippen LogP) is 1.83. The number of aldehydes is 1. The molecule has 1 aromatic rings. The van der Waals surface area contributed by atoms with Crippen molar-refractivity contribution in [2.45, 2.75) is 26.7 Å². The second-order valence-corrected chi connectivity index (χ2v) is 6.29. The summed E-state index contributed by atoms with van der Waals surface area (Å²) in [5, 5.41) is 12.4. The van der Waals surface area contributed by atoms with Crippen molar-refractivity contribution in [3.63, 3.8) is 0 Å². The highest BCUT2D eigenvalue weighted by molar-refractivity contribution is 5.52. The van der Waals surface area contributed by atoms with Gasteiger partial charge in [0, 0.05) is 24.7 Å². The lowest BCUT2D eigenvalue weighted by atomic mass is 9.97. The minimum atomic E-state index is 0.204. The van der Waals surface area contributed by atoms with Gasteiger partial charge in [0.25, 0.3) is 0 Å². The Morgan fingerprint density at radius 2 is 2.13 bits per heavy atom. The predicted molar refractivity (Wildman–Crippen MR) is 93.4 cm³/mol. The summed E-state index contributed by atoms with van der Waals surface area (Å²) in [5.41, 5.74) is 5.15. The van der Waals surface area contributed by atoms with E-state index in [1.54, 1.807) is 0 Å². The average molecular weight is 316 g/mol. The maximum absolute atomic E-state index is 10.7. The summed E-state index contributed by atoms with van der Waals surface area (Å²) in [6.45, 7) is 7.54. The molecule has 0 radical (unpaired) electrons. The van der Waals surface area contributed by atoms with Crippen LogP contribution in [0.25, 0.3) is 0 Å². The number of benzene rings is 1. The van der Waals surface area contributed by atoms with Gasteiger partial charge in [0.1, 0.15) is 6.29 Å². The van der Waals surface area contributed by atoms with Crippen LogP contribution in [0.4, 0.5) is 0 Å². The van der Waals surface area contributed by atoms with Gasteiger partial charge < -0.3 is 20.1 Å². The van der Waals surface area contributed by atoms with Crippen LogP contribution in [0.3, 0.4) is 0 Å². The van der Waals surface area contributed by atoms with E-state index >= 15 is 0 Å². The molecule has 4 heteroatoms. The van der Waals surface area contributed by atoms with Crippen molar-refractivity contribution in [3.05, 3.63) is 46.7 Å². The normalized spacial score (nSPS) is 19.1. The number of allylic oxidation sites excluding steroid dienone is 1. The van der Waals surface area contributed by atoms with Crippen molar-refractivity contribution < 1.29 is 9.90 Å². The molecule has 0 saturated carbocycles. The molecule has 0 aromatic heterocycles. The lowest BCUT2D eigenvalue weighted by molar-refractivity contribution is -0.107. The zero-order chi connectivity index (χ0) is 16.7. The first-order valence-electron chi connectivity index (χ1n) is 8.41. The largest absolute Gasteiger partial charge is 0.395 e. The van der Waals surface area contributed by atoms with E-state index in [2.05, 4.69) is 48.3 Å². The number of nitrogens with zero attached hydrogens (tertiary/aromatic N) is 1. The van der Waals surface area contributed by atoms with E-state index in [0.29, 0.717) is 12.5 Å². The van der Waals surface area contributed by atoms with Gasteiger partial charge in [-0.15, -0.1) is 0 Å². The van der Waals surface area contributed by atoms with Crippen LogP contribution in [0.5, 0.6) is 0 Å². The van der Waals surface area contributed by atoms with Gasteiger partial charge in [0.2, 0.25) is 0 Å². The van der Waals surface area contributed by atoms with Gasteiger partial charge >= 0.3 is 0 Å². The summed E-state index contributed by atoms with van der Waals surface area (Å²) in [6.07, 6.45) is 5.11. The van der Waals surface area contributed by atoms with Crippen molar-refractivity contribution in [2.24, 2.45) is 5.92 Å². The lowest BCUT2D eigenvalue weighted by Crippen LogP contribution is -2.27. The zero-order valence-electron chi connectivity index (χ0n) is 14.2. The number of β-amino-alcohol motifs (C(OH)–C–C–N with tert-alkyl or cyclic N) is 1. The molecule has 1 atom stereocenters. The molecule has 1 fully saturated rings. The molecule has 0 spiro atoms. The highest BCUT2D eigenvalue weighted by atomic mass is 16.3. The van der Waals surface area contributed by atoms with E-state index in [0.717, 1.165) is 38.8 Å². The van der Waals surface area contributed by atoms with Crippen LogP contribution in [0, 0.1) is 19.8 Å². The maximum atomic E-state index is 10.7. The van der Waals surface area contributed by atoms with Crippen LogP contribution in [-0.4, -0.2) is 49.1 Å². The number of hydrogen-bond donors (Lipinski definition) is 2. The zero-order valence-corrected chi connectivity index (χ0v) is 14.2. The van der Waals surface area contributed by atoms with Crippen molar-refractivity contribution in [1.82, 2.24) is 10.2 Å². The van der Waals surface area contributed by atoms with Gasteiger partial charge in [-0.3, -0.25) is 0 Å². The molecule has 4 nitrogen and oxygen atoms in total. The van der Waals surface area contributed by atoms with Crippen LogP contribution in [0.2, 0.25) is 0 Å². The highest BCUT2D eigenvalue weighted by Crippen LogP contribution is 2.23. The summed E-state index contributed by atoms with van der Waals surface area (Å²) in [7, 11) is 0. The molecule has 23 heavy (non-hydrogen) atoms. The Morgan fingerprint density at radius 3 is 2.78 bits per heavy atom. The fourth-order valence-electron chi connectivity index (χ4n) is 3.36. The summed E-state index contributed by atoms with van der Waals surface area (Å²) >= 11 is 0. The number of likely N-dealkylation sites (tertiary alicyclic amines) is 1. The Morgan fingerprint density at radius 1 is 1.39 bits per heavy atom. The molecule has 0 aliphatic carbocycles. The van der Waals surface area contributed by atoms with E-state index in [-0.39, 0.29) is 6.61 Å². The average Bonchev–Trinajstić information content (AvgIpc) is 2.98. The molecule has 1 aliphatic heterocycles. The summed E-state index contributed by atoms with van der Waals surface area (Å²) < 4.78 is 0. The minimum Gasteiger partial charge on any atom is -0.395 e. The third kappa shape index (κ3) is 4.91. The maximum Gasteiger partial charge on any atom is 0.139 e. The monoisotopic (exact) mass is 316 g/mol. The fourth-order valence-corrected chi connectivity index (χ4v) is 3.36. The van der Waals surface area contributed by atoms with E-state index in [1.807, 2.05) is 0 Å². The fraction of sp³-hybridized carbons (Fsp3) is 0.526. The quantitative estimate of drug-likeness (QED) is 0.719. The van der Waals surface area contributed by atoms with Crippen LogP contribution in [-0.2, 0) is 11.2 Å². The van der Waals surface area contributed by atoms with Crippen LogP contribution >= 0.6 is 0 Å². The number of rotatable bonds is 8. The number of nitrogens with one attached hydrogen (secondary N) is 1. The SMILES string of the molecule is Cc1cccc(C)c1CC=C(NCC=O)C1CCN(CCO)C1. The van der Waals surface area contributed by atoms with Gasteiger partial charge in [-0.1, -0.05) is 24.3 Å². The van der Waals surface area contributed by atoms with Gasteiger partial charge in [0.15, 0.2) is 0 Å². The Hall–Kier alpha value is -1.65. The van der Waals surface area contributed by atoms with Gasteiger partial charge in [-0.25, -0.2) is 0 Å². The number of aryl methyl sites for hydroxylation is 2. The smallest absolute Gasteiger partial charge is 0.139 e. The number of carbonyl (C=O) groups excluding carboxylic acids is 1. The van der Waals surface area contributed by atoms with Gasteiger partial charge in [-0.2, -0.15) is 0 Å². The second kappa shape index (κ2) is 8.85. The lowest BCUT2D eigenvalue weighted by Gasteiger charge is -2.18. The summed E-state index contributed by atoms with van der Waals surface area (Å²) in [6, 6.07) is 6.38. The van der Waals surface area contributed by atoms with E-state index in [4.69, 9.17) is 5.11 Å². The Bertz CT molecular complexity index is 534. The van der Waals surface area contributed by atoms with Crippen molar-refractivity contribution in [3.8, 4) is 0 Å². The van der Waals surface area contributed by atoms with Crippen molar-refractivity contribution in [1.29, 1.82) is 0 Å². The topological polar surface area (TPSA) is 52.6 Å². The minimum absolute atomic E-state index is 0.204. The van der Waals surface area contributed by atoms with Crippen LogP contribution in [0.1, 0.15) is 23.1 Å². The Labute approximate surface area is 139 Å². The molecule has 1 heterocycles. The third-order valence-corrected chi connectivity index (χ3v) is 4.69. The summed E-state index contributed by atoms with van der Waals surface area (Å²) in [4.78, 5) is 13.0. The Balaban J connectivity index is 2.10. The molecule has 1 aromatic carbocycles. The second-order valence-electron chi connectivity index (χ2n) is 6.29. The number of aliphatic hydroxyl groups is 1. The first-order valence-corrected chi connectivity index (χ1v) is 8.41. The van der Waals surface area contributed by atoms with Crippen molar-refractivity contribution in [2.75, 3.05) is 32.8 Å². The van der Waals surface area contributed by atoms with E-state index in [1.165, 1.54) is 22.4 Å². The number of carbonyl (C=O) groups is 1. The molecule has 1 unspecified atom stereocenters. The first-order chi connectivity index (χ1) is 11.2. The van der Waals surface area contributed by atoms with Crippen LogP contribution in [0.15, 0.2) is 30.0 Å². The molecule has 1 aliphatic rings. The molecule has 126 valence electrons. The van der Waals surface area contributed by atoms with Gasteiger partial charge in [0.05, 0.1) is 13.2 Å². The molecule has 1 saturated heterocycles. The molecule has 2 rings (SSSR count). The Kier molecular flexibility index (Phi) is 6.81. The molecular formula is C19H28N2O2. The number of hydrogen-bond acceptors (Lipinski definition) is 4. The highest BCUT2D eigenvalue weighted by Gasteiger charge is 2.24. The molecular weight excluding hydrogens is 288 g/mol. The summed E-state index contributed by atoms with van der Waals surface area (Å²) in [5.74, 6) is 0.422. The van der Waals surface area contributed by atoms with Crippen molar-refractivity contribution >= 4 is 6.29 Å². The van der Waals surface area contributed by atoms with E-state index < -0.39 is 0 Å². The standard InChI is InChI=1S/C19H28N2O2/c1-15-4-3-5-16(2)18(15)6-7-19(20-9-12-22)17-8-10-21(14-17)11-13-23/h3-5,7,12,17,20,23H,6,8-11,13-14H2,1-2H3. The number of aliphatic hydroxyl groups excluding tert-OH is 1. The molecule has 0 bridgehead atoms. The first kappa shape index (κ1) is 17.7.